The second-order valence-corrected chi connectivity index (χ2v) is 5.03. The van der Waals surface area contributed by atoms with Crippen molar-refractivity contribution in [2.45, 2.75) is 58.0 Å². The Morgan fingerprint density at radius 3 is 2.65 bits per heavy atom. The molecule has 0 saturated heterocycles. The Kier molecular flexibility index (Phi) is 7.82. The molecule has 0 aliphatic heterocycles. The van der Waals surface area contributed by atoms with Gasteiger partial charge in [-0.15, -0.1) is 0 Å². The van der Waals surface area contributed by atoms with Crippen molar-refractivity contribution in [3.05, 3.63) is 0 Å². The number of hydrogen-bond acceptors (Lipinski definition) is 3. The van der Waals surface area contributed by atoms with Crippen molar-refractivity contribution in [3.63, 3.8) is 0 Å². The van der Waals surface area contributed by atoms with Crippen molar-refractivity contribution in [2.75, 3.05) is 33.4 Å². The van der Waals surface area contributed by atoms with Crippen LogP contribution in [0.2, 0.25) is 0 Å². The summed E-state index contributed by atoms with van der Waals surface area (Å²) in [6, 6.07) is 1.41. The molecule has 3 heteroatoms. The van der Waals surface area contributed by atoms with E-state index in [0.29, 0.717) is 6.04 Å². The molecule has 1 rings (SSSR count). The Labute approximate surface area is 107 Å². The average molecular weight is 242 g/mol. The van der Waals surface area contributed by atoms with E-state index in [4.69, 9.17) is 4.74 Å². The SMILES string of the molecule is CCCNC1CCCCC1N(CC)CCOC. The zero-order valence-corrected chi connectivity index (χ0v) is 11.9. The molecule has 1 aliphatic rings. The van der Waals surface area contributed by atoms with Gasteiger partial charge in [0.05, 0.1) is 6.61 Å². The lowest BCUT2D eigenvalue weighted by molar-refractivity contribution is 0.0877. The molecule has 0 amide bonds. The summed E-state index contributed by atoms with van der Waals surface area (Å²) in [6.07, 6.45) is 6.69. The highest BCUT2D eigenvalue weighted by Crippen LogP contribution is 2.23. The van der Waals surface area contributed by atoms with Gasteiger partial charge in [-0.05, 0) is 32.4 Å². The first kappa shape index (κ1) is 14.9. The van der Waals surface area contributed by atoms with E-state index < -0.39 is 0 Å². The smallest absolute Gasteiger partial charge is 0.0589 e. The number of nitrogens with one attached hydrogen (secondary N) is 1. The van der Waals surface area contributed by atoms with Gasteiger partial charge in [-0.25, -0.2) is 0 Å². The second kappa shape index (κ2) is 8.90. The third-order valence-corrected chi connectivity index (χ3v) is 3.84. The molecule has 3 nitrogen and oxygen atoms in total. The summed E-state index contributed by atoms with van der Waals surface area (Å²) in [6.45, 7) is 8.72. The van der Waals surface area contributed by atoms with E-state index in [1.165, 1.54) is 32.1 Å². The summed E-state index contributed by atoms with van der Waals surface area (Å²) in [7, 11) is 1.79. The molecule has 0 heterocycles. The number of hydrogen-bond donors (Lipinski definition) is 1. The molecule has 2 unspecified atom stereocenters. The molecule has 1 saturated carbocycles. The van der Waals surface area contributed by atoms with Crippen molar-refractivity contribution < 1.29 is 4.74 Å². The first-order valence-corrected chi connectivity index (χ1v) is 7.29. The summed E-state index contributed by atoms with van der Waals surface area (Å²) in [5, 5.41) is 3.73. The monoisotopic (exact) mass is 242 g/mol. The Morgan fingerprint density at radius 2 is 2.00 bits per heavy atom. The van der Waals surface area contributed by atoms with E-state index in [-0.39, 0.29) is 0 Å². The summed E-state index contributed by atoms with van der Waals surface area (Å²) < 4.78 is 5.22. The molecule has 102 valence electrons. The highest BCUT2D eigenvalue weighted by molar-refractivity contribution is 4.87. The first-order chi connectivity index (χ1) is 8.33. The molecule has 2 atom stereocenters. The topological polar surface area (TPSA) is 24.5 Å². The van der Waals surface area contributed by atoms with Crippen LogP contribution in [0.5, 0.6) is 0 Å². The number of methoxy groups -OCH3 is 1. The van der Waals surface area contributed by atoms with Crippen molar-refractivity contribution in [1.29, 1.82) is 0 Å². The van der Waals surface area contributed by atoms with Crippen LogP contribution < -0.4 is 5.32 Å². The molecule has 0 spiro atoms. The van der Waals surface area contributed by atoms with Crippen LogP contribution >= 0.6 is 0 Å². The summed E-state index contributed by atoms with van der Waals surface area (Å²) in [4.78, 5) is 2.59. The van der Waals surface area contributed by atoms with Gasteiger partial charge in [0.2, 0.25) is 0 Å². The lowest BCUT2D eigenvalue weighted by Crippen LogP contribution is -2.52. The van der Waals surface area contributed by atoms with Crippen molar-refractivity contribution in [3.8, 4) is 0 Å². The van der Waals surface area contributed by atoms with Crippen LogP contribution in [0.4, 0.5) is 0 Å². The van der Waals surface area contributed by atoms with Crippen molar-refractivity contribution in [1.82, 2.24) is 10.2 Å². The Balaban J connectivity index is 2.48. The first-order valence-electron chi connectivity index (χ1n) is 7.29. The molecule has 0 aromatic heterocycles. The minimum absolute atomic E-state index is 0.695. The van der Waals surface area contributed by atoms with Crippen molar-refractivity contribution >= 4 is 0 Å². The van der Waals surface area contributed by atoms with Crippen LogP contribution in [0.1, 0.15) is 46.0 Å². The highest BCUT2D eigenvalue weighted by atomic mass is 16.5. The predicted octanol–water partition coefficient (Wildman–Crippen LogP) is 2.27. The fourth-order valence-corrected chi connectivity index (χ4v) is 2.88. The maximum absolute atomic E-state index is 5.22. The third kappa shape index (κ3) is 4.94. The molecule has 0 radical (unpaired) electrons. The van der Waals surface area contributed by atoms with Gasteiger partial charge in [0.1, 0.15) is 0 Å². The van der Waals surface area contributed by atoms with Crippen LogP contribution in [0.25, 0.3) is 0 Å². The van der Waals surface area contributed by atoms with E-state index in [2.05, 4.69) is 24.1 Å². The quantitative estimate of drug-likeness (QED) is 0.706. The zero-order valence-electron chi connectivity index (χ0n) is 11.9. The van der Waals surface area contributed by atoms with Gasteiger partial charge < -0.3 is 10.1 Å². The van der Waals surface area contributed by atoms with Gasteiger partial charge >= 0.3 is 0 Å². The Hall–Kier alpha value is -0.120. The van der Waals surface area contributed by atoms with Crippen molar-refractivity contribution in [2.24, 2.45) is 0 Å². The number of ether oxygens (including phenoxy) is 1. The Morgan fingerprint density at radius 1 is 1.24 bits per heavy atom. The maximum atomic E-state index is 5.22. The van der Waals surface area contributed by atoms with E-state index in [1.54, 1.807) is 7.11 Å². The van der Waals surface area contributed by atoms with Gasteiger partial charge in [0.25, 0.3) is 0 Å². The molecule has 0 aromatic rings. The minimum atomic E-state index is 0.695. The number of rotatable bonds is 8. The third-order valence-electron chi connectivity index (χ3n) is 3.84. The number of likely N-dealkylation sites (N-methyl/N-ethyl adjacent to an activating group) is 1. The van der Waals surface area contributed by atoms with Crippen LogP contribution in [-0.2, 0) is 4.74 Å². The van der Waals surface area contributed by atoms with Crippen LogP contribution in [0.3, 0.4) is 0 Å². The largest absolute Gasteiger partial charge is 0.383 e. The standard InChI is InChI=1S/C14H30N2O/c1-4-10-15-13-8-6-7-9-14(13)16(5-2)11-12-17-3/h13-15H,4-12H2,1-3H3. The van der Waals surface area contributed by atoms with E-state index in [9.17, 15) is 0 Å². The summed E-state index contributed by atoms with van der Waals surface area (Å²) >= 11 is 0. The molecule has 1 N–H and O–H groups in total. The van der Waals surface area contributed by atoms with Gasteiger partial charge in [0, 0.05) is 25.7 Å². The zero-order chi connectivity index (χ0) is 12.5. The Bertz CT molecular complexity index is 177. The van der Waals surface area contributed by atoms with Crippen LogP contribution in [0, 0.1) is 0 Å². The van der Waals surface area contributed by atoms with Gasteiger partial charge in [0.15, 0.2) is 0 Å². The average Bonchev–Trinajstić information content (AvgIpc) is 2.38. The van der Waals surface area contributed by atoms with E-state index >= 15 is 0 Å². The summed E-state index contributed by atoms with van der Waals surface area (Å²) in [5.74, 6) is 0. The fourth-order valence-electron chi connectivity index (χ4n) is 2.88. The molecule has 0 aromatic carbocycles. The molecular weight excluding hydrogens is 212 g/mol. The fraction of sp³-hybridized carbons (Fsp3) is 1.00. The maximum Gasteiger partial charge on any atom is 0.0589 e. The predicted molar refractivity (Wildman–Crippen MR) is 73.5 cm³/mol. The molecular formula is C14H30N2O. The molecule has 17 heavy (non-hydrogen) atoms. The molecule has 1 aliphatic carbocycles. The van der Waals surface area contributed by atoms with E-state index in [1.807, 2.05) is 0 Å². The lowest BCUT2D eigenvalue weighted by Gasteiger charge is -2.40. The van der Waals surface area contributed by atoms with Gasteiger partial charge in [-0.2, -0.15) is 0 Å². The second-order valence-electron chi connectivity index (χ2n) is 5.03. The number of nitrogens with zero attached hydrogens (tertiary/aromatic N) is 1. The van der Waals surface area contributed by atoms with Gasteiger partial charge in [-0.1, -0.05) is 26.7 Å². The summed E-state index contributed by atoms with van der Waals surface area (Å²) in [5.41, 5.74) is 0. The normalized spacial score (nSPS) is 25.4. The van der Waals surface area contributed by atoms with E-state index in [0.717, 1.165) is 32.3 Å². The minimum Gasteiger partial charge on any atom is -0.383 e. The molecule has 0 bridgehead atoms. The van der Waals surface area contributed by atoms with Crippen LogP contribution in [0.15, 0.2) is 0 Å². The lowest BCUT2D eigenvalue weighted by atomic mass is 9.89. The van der Waals surface area contributed by atoms with Crippen LogP contribution in [-0.4, -0.2) is 50.3 Å². The molecule has 1 fully saturated rings. The highest BCUT2D eigenvalue weighted by Gasteiger charge is 2.28. The van der Waals surface area contributed by atoms with Gasteiger partial charge in [-0.3, -0.25) is 4.90 Å².